The van der Waals surface area contributed by atoms with Crippen molar-refractivity contribution in [1.82, 2.24) is 19.7 Å². The number of amides is 2. The number of aromatic nitrogens is 3. The predicted molar refractivity (Wildman–Crippen MR) is 104 cm³/mol. The Balaban J connectivity index is 1.37. The summed E-state index contributed by atoms with van der Waals surface area (Å²) in [4.78, 5) is 30.5. The minimum Gasteiger partial charge on any atom is -0.338 e. The molecule has 0 radical (unpaired) electrons. The van der Waals surface area contributed by atoms with Crippen LogP contribution in [-0.2, 0) is 22.7 Å². The van der Waals surface area contributed by atoms with Crippen molar-refractivity contribution in [2.75, 3.05) is 11.9 Å². The van der Waals surface area contributed by atoms with Gasteiger partial charge < -0.3 is 10.2 Å². The van der Waals surface area contributed by atoms with Crippen LogP contribution in [0, 0.1) is 11.7 Å². The number of nitrogens with zero attached hydrogens (tertiary/aromatic N) is 4. The second kappa shape index (κ2) is 8.22. The third-order valence-electron chi connectivity index (χ3n) is 4.85. The van der Waals surface area contributed by atoms with Crippen LogP contribution in [0.3, 0.4) is 0 Å². The van der Waals surface area contributed by atoms with E-state index in [0.29, 0.717) is 30.9 Å². The molecule has 1 aliphatic rings. The summed E-state index contributed by atoms with van der Waals surface area (Å²) in [6.45, 7) is 1.17. The first-order valence-corrected chi connectivity index (χ1v) is 9.31. The molecule has 1 atom stereocenters. The summed E-state index contributed by atoms with van der Waals surface area (Å²) in [6.07, 6.45) is 3.25. The van der Waals surface area contributed by atoms with E-state index in [1.807, 2.05) is 24.3 Å². The van der Waals surface area contributed by atoms with Crippen LogP contribution in [0.1, 0.15) is 17.5 Å². The van der Waals surface area contributed by atoms with E-state index in [1.54, 1.807) is 28.0 Å². The summed E-state index contributed by atoms with van der Waals surface area (Å²) in [5, 5.41) is 6.97. The Hall–Kier alpha value is -3.55. The number of anilines is 1. The Kier molecular flexibility index (Phi) is 5.33. The van der Waals surface area contributed by atoms with E-state index in [0.717, 1.165) is 5.56 Å². The molecule has 1 aliphatic heterocycles. The fourth-order valence-electron chi connectivity index (χ4n) is 3.45. The third-order valence-corrected chi connectivity index (χ3v) is 4.85. The van der Waals surface area contributed by atoms with E-state index in [2.05, 4.69) is 15.4 Å². The first-order valence-electron chi connectivity index (χ1n) is 9.31. The van der Waals surface area contributed by atoms with Gasteiger partial charge in [-0.15, -0.1) is 0 Å². The van der Waals surface area contributed by atoms with E-state index in [9.17, 15) is 14.0 Å². The monoisotopic (exact) mass is 393 g/mol. The highest BCUT2D eigenvalue weighted by molar-refractivity contribution is 5.97. The van der Waals surface area contributed by atoms with Crippen molar-refractivity contribution in [1.29, 1.82) is 0 Å². The van der Waals surface area contributed by atoms with Gasteiger partial charge in [0.15, 0.2) is 0 Å². The molecule has 7 nitrogen and oxygen atoms in total. The van der Waals surface area contributed by atoms with Gasteiger partial charge in [-0.1, -0.05) is 24.3 Å². The van der Waals surface area contributed by atoms with Crippen molar-refractivity contribution in [2.24, 2.45) is 5.92 Å². The summed E-state index contributed by atoms with van der Waals surface area (Å²) in [7, 11) is 0. The van der Waals surface area contributed by atoms with Gasteiger partial charge in [-0.3, -0.25) is 9.59 Å². The zero-order valence-corrected chi connectivity index (χ0v) is 15.7. The molecule has 0 unspecified atom stereocenters. The molecule has 0 saturated carbocycles. The number of carbonyl (C=O) groups is 2. The van der Waals surface area contributed by atoms with Gasteiger partial charge in [-0.25, -0.2) is 14.1 Å². The molecule has 148 valence electrons. The van der Waals surface area contributed by atoms with Crippen molar-refractivity contribution >= 4 is 17.5 Å². The van der Waals surface area contributed by atoms with Crippen molar-refractivity contribution in [3.63, 3.8) is 0 Å². The van der Waals surface area contributed by atoms with Crippen LogP contribution in [0.4, 0.5) is 10.1 Å². The average molecular weight is 393 g/mol. The van der Waals surface area contributed by atoms with Gasteiger partial charge in [0.1, 0.15) is 18.5 Å². The molecule has 1 N–H and O–H groups in total. The second-order valence-corrected chi connectivity index (χ2v) is 7.09. The van der Waals surface area contributed by atoms with Crippen molar-refractivity contribution in [2.45, 2.75) is 19.5 Å². The number of likely N-dealkylation sites (tertiary alicyclic amines) is 1. The zero-order valence-electron chi connectivity index (χ0n) is 15.7. The van der Waals surface area contributed by atoms with Crippen LogP contribution in [0.5, 0.6) is 0 Å². The number of rotatable bonds is 6. The van der Waals surface area contributed by atoms with Crippen molar-refractivity contribution in [3.05, 3.63) is 78.1 Å². The highest BCUT2D eigenvalue weighted by Gasteiger charge is 2.34. The lowest BCUT2D eigenvalue weighted by atomic mass is 10.1. The molecule has 4 rings (SSSR count). The van der Waals surface area contributed by atoms with E-state index >= 15 is 0 Å². The fourth-order valence-corrected chi connectivity index (χ4v) is 3.45. The lowest BCUT2D eigenvalue weighted by molar-refractivity contribution is -0.128. The van der Waals surface area contributed by atoms with Gasteiger partial charge in [0, 0.05) is 25.2 Å². The molecule has 0 aliphatic carbocycles. The first-order chi connectivity index (χ1) is 14.1. The highest BCUT2D eigenvalue weighted by atomic mass is 19.1. The Bertz CT molecular complexity index is 1020. The molecule has 3 aromatic rings. The number of nitrogens with one attached hydrogen (secondary N) is 1. The number of halogens is 1. The maximum absolute atomic E-state index is 13.4. The van der Waals surface area contributed by atoms with Gasteiger partial charge in [-0.2, -0.15) is 5.10 Å². The maximum Gasteiger partial charge on any atom is 0.229 e. The molecule has 8 heteroatoms. The second-order valence-electron chi connectivity index (χ2n) is 7.09. The van der Waals surface area contributed by atoms with Crippen LogP contribution in [0.25, 0.3) is 0 Å². The topological polar surface area (TPSA) is 80.1 Å². The first kappa shape index (κ1) is 18.8. The summed E-state index contributed by atoms with van der Waals surface area (Å²) in [5.41, 5.74) is 2.35. The zero-order chi connectivity index (χ0) is 20.2. The van der Waals surface area contributed by atoms with Gasteiger partial charge >= 0.3 is 0 Å². The molecule has 2 heterocycles. The molecule has 0 bridgehead atoms. The van der Waals surface area contributed by atoms with Crippen LogP contribution >= 0.6 is 0 Å². The normalized spacial score (nSPS) is 16.2. The van der Waals surface area contributed by atoms with Crippen LogP contribution in [0.2, 0.25) is 0 Å². The van der Waals surface area contributed by atoms with Crippen molar-refractivity contribution in [3.8, 4) is 0 Å². The smallest absolute Gasteiger partial charge is 0.229 e. The molecule has 1 saturated heterocycles. The lowest BCUT2D eigenvalue weighted by Gasteiger charge is -2.17. The summed E-state index contributed by atoms with van der Waals surface area (Å²) < 4.78 is 15.1. The Morgan fingerprint density at radius 2 is 1.93 bits per heavy atom. The summed E-state index contributed by atoms with van der Waals surface area (Å²) >= 11 is 0. The van der Waals surface area contributed by atoms with Gasteiger partial charge in [0.2, 0.25) is 11.8 Å². The molecule has 0 spiro atoms. The minimum atomic E-state index is -0.435. The van der Waals surface area contributed by atoms with Gasteiger partial charge in [0.05, 0.1) is 12.5 Å². The lowest BCUT2D eigenvalue weighted by Crippen LogP contribution is -2.28. The number of hydrogen-bond donors (Lipinski definition) is 1. The molecule has 1 fully saturated rings. The largest absolute Gasteiger partial charge is 0.338 e. The highest BCUT2D eigenvalue weighted by Crippen LogP contribution is 2.22. The Labute approximate surface area is 167 Å². The fraction of sp³-hybridized carbons (Fsp3) is 0.238. The summed E-state index contributed by atoms with van der Waals surface area (Å²) in [6, 6.07) is 13.6. The van der Waals surface area contributed by atoms with Crippen molar-refractivity contribution < 1.29 is 14.0 Å². The Morgan fingerprint density at radius 3 is 2.69 bits per heavy atom. The minimum absolute atomic E-state index is 0.102. The molecule has 29 heavy (non-hydrogen) atoms. The van der Waals surface area contributed by atoms with Crippen LogP contribution in [0.15, 0.2) is 61.2 Å². The SMILES string of the molecule is O=C(Nc1cccc(Cn2cncn2)c1)[C@@H]1CC(=O)N(Cc2cccc(F)c2)C1. The number of hydrogen-bond acceptors (Lipinski definition) is 4. The molecular weight excluding hydrogens is 373 g/mol. The van der Waals surface area contributed by atoms with Crippen LogP contribution < -0.4 is 5.32 Å². The summed E-state index contributed by atoms with van der Waals surface area (Å²) in [5.74, 6) is -1.07. The van der Waals surface area contributed by atoms with E-state index in [-0.39, 0.29) is 24.1 Å². The van der Waals surface area contributed by atoms with E-state index < -0.39 is 5.92 Å². The van der Waals surface area contributed by atoms with Gasteiger partial charge in [0.25, 0.3) is 0 Å². The molecule has 2 aromatic carbocycles. The number of carbonyl (C=O) groups excluding carboxylic acids is 2. The van der Waals surface area contributed by atoms with Crippen LogP contribution in [-0.4, -0.2) is 38.0 Å². The van der Waals surface area contributed by atoms with E-state index in [1.165, 1.54) is 18.5 Å². The molecule has 2 amide bonds. The van der Waals surface area contributed by atoms with E-state index in [4.69, 9.17) is 0 Å². The molecule has 1 aromatic heterocycles. The maximum atomic E-state index is 13.4. The standard InChI is InChI=1S/C21H20FN5O2/c22-18-5-1-3-15(7-18)10-26-12-17(9-20(26)28)21(29)25-19-6-2-4-16(8-19)11-27-14-23-13-24-27/h1-8,13-14,17H,9-12H2,(H,25,29)/t17-/m1/s1. The quantitative estimate of drug-likeness (QED) is 0.698. The van der Waals surface area contributed by atoms with Gasteiger partial charge in [-0.05, 0) is 35.4 Å². The number of benzene rings is 2. The average Bonchev–Trinajstić information content (AvgIpc) is 3.32. The Morgan fingerprint density at radius 1 is 1.14 bits per heavy atom. The third kappa shape index (κ3) is 4.66. The molecular formula is C21H20FN5O2. The predicted octanol–water partition coefficient (Wildman–Crippen LogP) is 2.45.